The predicted molar refractivity (Wildman–Crippen MR) is 89.6 cm³/mol. The summed E-state index contributed by atoms with van der Waals surface area (Å²) < 4.78 is 0. The second-order valence-electron chi connectivity index (χ2n) is 4.86. The molecule has 0 saturated heterocycles. The second-order valence-corrected chi connectivity index (χ2v) is 5.68. The number of nitrogens with zero attached hydrogens (tertiary/aromatic N) is 3. The Hall–Kier alpha value is -1.20. The molecule has 1 N–H and O–H groups in total. The molecule has 0 unspecified atom stereocenters. The number of pyridine rings is 1. The Kier molecular flexibility index (Phi) is 7.05. The summed E-state index contributed by atoms with van der Waals surface area (Å²) >= 11 is 12.4. The maximum atomic E-state index is 12.0. The number of aromatic nitrogens is 1. The van der Waals surface area contributed by atoms with Crippen molar-refractivity contribution in [2.75, 3.05) is 43.9 Å². The molecule has 7 heteroatoms. The van der Waals surface area contributed by atoms with Crippen molar-refractivity contribution in [1.29, 1.82) is 0 Å². The van der Waals surface area contributed by atoms with Crippen molar-refractivity contribution in [2.24, 2.45) is 0 Å². The monoisotopic (exact) mass is 332 g/mol. The third kappa shape index (κ3) is 4.93. The van der Waals surface area contributed by atoms with Gasteiger partial charge in [-0.3, -0.25) is 4.79 Å². The fourth-order valence-corrected chi connectivity index (χ4v) is 2.35. The smallest absolute Gasteiger partial charge is 0.241 e. The van der Waals surface area contributed by atoms with Gasteiger partial charge in [0.25, 0.3) is 0 Å². The predicted octanol–water partition coefficient (Wildman–Crippen LogP) is 3.12. The lowest BCUT2D eigenvalue weighted by Gasteiger charge is -2.25. The number of rotatable bonds is 7. The largest absolute Gasteiger partial charge is 0.369 e. The quantitative estimate of drug-likeness (QED) is 0.833. The third-order valence-corrected chi connectivity index (χ3v) is 3.44. The molecular formula is C14H22Cl2N4O. The van der Waals surface area contributed by atoms with E-state index >= 15 is 0 Å². The van der Waals surface area contributed by atoms with Crippen molar-refractivity contribution in [3.63, 3.8) is 0 Å². The van der Waals surface area contributed by atoms with Gasteiger partial charge in [-0.25, -0.2) is 4.98 Å². The third-order valence-electron chi connectivity index (χ3n) is 2.87. The van der Waals surface area contributed by atoms with Crippen LogP contribution < -0.4 is 10.2 Å². The molecule has 0 saturated carbocycles. The summed E-state index contributed by atoms with van der Waals surface area (Å²) in [5.41, 5.74) is 0. The zero-order chi connectivity index (χ0) is 16.0. The molecule has 0 aliphatic heterocycles. The standard InChI is InChI=1S/C14H22Cl2N4O/c1-5-7-20(9-12(21)19(3)4)14-11(16)8-10(15)13(18-14)17-6-2/h8H,5-7,9H2,1-4H3,(H,17,18). The number of amides is 1. The highest BCUT2D eigenvalue weighted by Gasteiger charge is 2.18. The summed E-state index contributed by atoms with van der Waals surface area (Å²) in [7, 11) is 3.46. The van der Waals surface area contributed by atoms with Crippen LogP contribution in [-0.2, 0) is 4.79 Å². The van der Waals surface area contributed by atoms with Gasteiger partial charge < -0.3 is 15.1 Å². The molecule has 0 bridgehead atoms. The molecule has 5 nitrogen and oxygen atoms in total. The van der Waals surface area contributed by atoms with Crippen LogP contribution in [0.15, 0.2) is 6.07 Å². The van der Waals surface area contributed by atoms with Gasteiger partial charge in [-0.1, -0.05) is 30.1 Å². The Morgan fingerprint density at radius 1 is 1.29 bits per heavy atom. The van der Waals surface area contributed by atoms with E-state index in [0.29, 0.717) is 34.8 Å². The van der Waals surface area contributed by atoms with Crippen LogP contribution in [0, 0.1) is 0 Å². The van der Waals surface area contributed by atoms with Crippen molar-refractivity contribution in [3.05, 3.63) is 16.1 Å². The van der Waals surface area contributed by atoms with Crippen molar-refractivity contribution in [3.8, 4) is 0 Å². The van der Waals surface area contributed by atoms with Gasteiger partial charge in [0.15, 0.2) is 0 Å². The van der Waals surface area contributed by atoms with E-state index in [0.717, 1.165) is 6.42 Å². The van der Waals surface area contributed by atoms with Gasteiger partial charge in [-0.05, 0) is 19.4 Å². The van der Waals surface area contributed by atoms with Gasteiger partial charge in [0, 0.05) is 27.2 Å². The van der Waals surface area contributed by atoms with Crippen LogP contribution in [0.5, 0.6) is 0 Å². The van der Waals surface area contributed by atoms with E-state index in [1.54, 1.807) is 25.1 Å². The van der Waals surface area contributed by atoms with E-state index in [9.17, 15) is 4.79 Å². The first-order valence-corrected chi connectivity index (χ1v) is 7.71. The van der Waals surface area contributed by atoms with Crippen LogP contribution in [0.4, 0.5) is 11.6 Å². The Morgan fingerprint density at radius 2 is 1.95 bits per heavy atom. The minimum Gasteiger partial charge on any atom is -0.369 e. The zero-order valence-electron chi connectivity index (χ0n) is 12.9. The molecule has 118 valence electrons. The molecule has 1 rings (SSSR count). The molecule has 1 aromatic heterocycles. The van der Waals surface area contributed by atoms with E-state index in [-0.39, 0.29) is 12.5 Å². The maximum absolute atomic E-state index is 12.0. The minimum atomic E-state index is 0.00117. The highest BCUT2D eigenvalue weighted by atomic mass is 35.5. The summed E-state index contributed by atoms with van der Waals surface area (Å²) in [5, 5.41) is 4.01. The number of halogens is 2. The highest BCUT2D eigenvalue weighted by molar-refractivity contribution is 6.37. The first kappa shape index (κ1) is 17.9. The Balaban J connectivity index is 3.11. The van der Waals surface area contributed by atoms with Crippen LogP contribution in [0.25, 0.3) is 0 Å². The van der Waals surface area contributed by atoms with Gasteiger partial charge in [0.1, 0.15) is 11.6 Å². The van der Waals surface area contributed by atoms with Crippen molar-refractivity contribution >= 4 is 40.7 Å². The topological polar surface area (TPSA) is 48.5 Å². The lowest BCUT2D eigenvalue weighted by molar-refractivity contribution is -0.127. The molecule has 1 heterocycles. The lowest BCUT2D eigenvalue weighted by atomic mass is 10.3. The van der Waals surface area contributed by atoms with Gasteiger partial charge in [0.2, 0.25) is 5.91 Å². The van der Waals surface area contributed by atoms with Crippen LogP contribution >= 0.6 is 23.2 Å². The van der Waals surface area contributed by atoms with Crippen LogP contribution in [0.3, 0.4) is 0 Å². The Bertz CT molecular complexity index is 494. The van der Waals surface area contributed by atoms with Gasteiger partial charge >= 0.3 is 0 Å². The molecular weight excluding hydrogens is 311 g/mol. The maximum Gasteiger partial charge on any atom is 0.241 e. The fourth-order valence-electron chi connectivity index (χ4n) is 1.80. The number of hydrogen-bond acceptors (Lipinski definition) is 4. The van der Waals surface area contributed by atoms with E-state index in [4.69, 9.17) is 23.2 Å². The van der Waals surface area contributed by atoms with E-state index in [2.05, 4.69) is 10.3 Å². The molecule has 0 aromatic carbocycles. The summed E-state index contributed by atoms with van der Waals surface area (Å²) in [6, 6.07) is 1.66. The molecule has 0 radical (unpaired) electrons. The number of hydrogen-bond donors (Lipinski definition) is 1. The number of carbonyl (C=O) groups excluding carboxylic acids is 1. The molecule has 0 spiro atoms. The number of nitrogens with one attached hydrogen (secondary N) is 1. The minimum absolute atomic E-state index is 0.00117. The summed E-state index contributed by atoms with van der Waals surface area (Å²) in [6.45, 7) is 5.65. The van der Waals surface area contributed by atoms with Gasteiger partial charge in [-0.2, -0.15) is 0 Å². The number of likely N-dealkylation sites (N-methyl/N-ethyl adjacent to an activating group) is 1. The lowest BCUT2D eigenvalue weighted by Crippen LogP contribution is -2.37. The van der Waals surface area contributed by atoms with Crippen molar-refractivity contribution in [2.45, 2.75) is 20.3 Å². The van der Waals surface area contributed by atoms with Gasteiger partial charge in [0.05, 0.1) is 16.6 Å². The zero-order valence-corrected chi connectivity index (χ0v) is 14.4. The molecule has 21 heavy (non-hydrogen) atoms. The molecule has 0 aliphatic rings. The van der Waals surface area contributed by atoms with E-state index < -0.39 is 0 Å². The fraction of sp³-hybridized carbons (Fsp3) is 0.571. The SMILES string of the molecule is CCCN(CC(=O)N(C)C)c1nc(NCC)c(Cl)cc1Cl. The van der Waals surface area contributed by atoms with Crippen LogP contribution in [-0.4, -0.2) is 49.5 Å². The van der Waals surface area contributed by atoms with Crippen LogP contribution in [0.1, 0.15) is 20.3 Å². The summed E-state index contributed by atoms with van der Waals surface area (Å²) in [6.07, 6.45) is 0.887. The van der Waals surface area contributed by atoms with Crippen LogP contribution in [0.2, 0.25) is 10.0 Å². The molecule has 0 fully saturated rings. The van der Waals surface area contributed by atoms with Crippen molar-refractivity contribution < 1.29 is 4.79 Å². The van der Waals surface area contributed by atoms with Gasteiger partial charge in [-0.15, -0.1) is 0 Å². The Morgan fingerprint density at radius 3 is 2.48 bits per heavy atom. The average Bonchev–Trinajstić information content (AvgIpc) is 2.41. The Labute approximate surface area is 136 Å². The molecule has 0 atom stereocenters. The normalized spacial score (nSPS) is 10.4. The second kappa shape index (κ2) is 8.29. The number of anilines is 2. The summed E-state index contributed by atoms with van der Waals surface area (Å²) in [5.74, 6) is 1.16. The van der Waals surface area contributed by atoms with Crippen molar-refractivity contribution in [1.82, 2.24) is 9.88 Å². The molecule has 1 aromatic rings. The average molecular weight is 333 g/mol. The van der Waals surface area contributed by atoms with E-state index in [1.807, 2.05) is 18.7 Å². The molecule has 1 amide bonds. The first-order chi connectivity index (χ1) is 9.90. The summed E-state index contributed by atoms with van der Waals surface area (Å²) in [4.78, 5) is 19.9. The van der Waals surface area contributed by atoms with E-state index in [1.165, 1.54) is 0 Å². The first-order valence-electron chi connectivity index (χ1n) is 6.95. The molecule has 0 aliphatic carbocycles. The number of carbonyl (C=O) groups is 1. The highest BCUT2D eigenvalue weighted by Crippen LogP contribution is 2.31.